The van der Waals surface area contributed by atoms with Crippen molar-refractivity contribution in [2.24, 2.45) is 0 Å². The molecule has 4 nitrogen and oxygen atoms in total. The van der Waals surface area contributed by atoms with Gasteiger partial charge in [0.2, 0.25) is 5.91 Å². The van der Waals surface area contributed by atoms with Gasteiger partial charge in [-0.25, -0.2) is 0 Å². The van der Waals surface area contributed by atoms with Crippen LogP contribution in [0.25, 0.3) is 0 Å². The van der Waals surface area contributed by atoms with E-state index in [9.17, 15) is 4.79 Å². The van der Waals surface area contributed by atoms with Gasteiger partial charge in [0.25, 0.3) is 0 Å². The van der Waals surface area contributed by atoms with Crippen molar-refractivity contribution in [2.45, 2.75) is 51.1 Å². The first-order valence-electron chi connectivity index (χ1n) is 6.24. The smallest absolute Gasteiger partial charge is 0.220 e. The Bertz CT molecular complexity index is 209. The topological polar surface area (TPSA) is 50.4 Å². The van der Waals surface area contributed by atoms with Gasteiger partial charge in [-0.15, -0.1) is 0 Å². The van der Waals surface area contributed by atoms with Crippen LogP contribution in [0.3, 0.4) is 0 Å². The average molecular weight is 228 g/mol. The van der Waals surface area contributed by atoms with Gasteiger partial charge < -0.3 is 15.4 Å². The molecule has 2 atom stereocenters. The fourth-order valence-electron chi connectivity index (χ4n) is 2.10. The predicted molar refractivity (Wildman–Crippen MR) is 64.4 cm³/mol. The highest BCUT2D eigenvalue weighted by Crippen LogP contribution is 2.11. The van der Waals surface area contributed by atoms with Gasteiger partial charge in [-0.05, 0) is 26.2 Å². The highest BCUT2D eigenvalue weighted by atomic mass is 16.5. The SMILES string of the molecule is COCCCC(=O)NCC1CCCC(C)N1. The number of piperidine rings is 1. The molecule has 4 heteroatoms. The van der Waals surface area contributed by atoms with Crippen molar-refractivity contribution in [2.75, 3.05) is 20.3 Å². The summed E-state index contributed by atoms with van der Waals surface area (Å²) in [7, 11) is 1.66. The lowest BCUT2D eigenvalue weighted by Crippen LogP contribution is -2.47. The Hall–Kier alpha value is -0.610. The third-order valence-electron chi connectivity index (χ3n) is 3.01. The Kier molecular flexibility index (Phi) is 6.42. The largest absolute Gasteiger partial charge is 0.385 e. The maximum atomic E-state index is 11.4. The molecule has 1 aliphatic rings. The summed E-state index contributed by atoms with van der Waals surface area (Å²) in [5, 5.41) is 6.47. The molecule has 0 radical (unpaired) electrons. The number of methoxy groups -OCH3 is 1. The highest BCUT2D eigenvalue weighted by Gasteiger charge is 2.17. The zero-order chi connectivity index (χ0) is 11.8. The van der Waals surface area contributed by atoms with Crippen molar-refractivity contribution in [1.82, 2.24) is 10.6 Å². The zero-order valence-corrected chi connectivity index (χ0v) is 10.4. The summed E-state index contributed by atoms with van der Waals surface area (Å²) in [6, 6.07) is 1.04. The number of carbonyl (C=O) groups is 1. The first-order valence-corrected chi connectivity index (χ1v) is 6.24. The molecule has 2 N–H and O–H groups in total. The zero-order valence-electron chi connectivity index (χ0n) is 10.4. The van der Waals surface area contributed by atoms with E-state index in [2.05, 4.69) is 17.6 Å². The first-order chi connectivity index (χ1) is 7.72. The van der Waals surface area contributed by atoms with Crippen LogP contribution in [0.5, 0.6) is 0 Å². The van der Waals surface area contributed by atoms with E-state index in [1.165, 1.54) is 19.3 Å². The van der Waals surface area contributed by atoms with Crippen molar-refractivity contribution >= 4 is 5.91 Å². The van der Waals surface area contributed by atoms with Crippen LogP contribution in [0.2, 0.25) is 0 Å². The predicted octanol–water partition coefficient (Wildman–Crippen LogP) is 1.06. The summed E-state index contributed by atoms with van der Waals surface area (Å²) in [6.07, 6.45) is 5.05. The molecule has 2 unspecified atom stereocenters. The fourth-order valence-corrected chi connectivity index (χ4v) is 2.10. The molecule has 16 heavy (non-hydrogen) atoms. The molecule has 0 aromatic rings. The standard InChI is InChI=1S/C12H24N2O2/c1-10-5-3-6-11(14-10)9-13-12(15)7-4-8-16-2/h10-11,14H,3-9H2,1-2H3,(H,13,15). The average Bonchev–Trinajstić information content (AvgIpc) is 2.27. The van der Waals surface area contributed by atoms with Crippen LogP contribution in [0, 0.1) is 0 Å². The maximum absolute atomic E-state index is 11.4. The van der Waals surface area contributed by atoms with E-state index in [1.807, 2.05) is 0 Å². The second-order valence-corrected chi connectivity index (χ2v) is 4.60. The third kappa shape index (κ3) is 5.47. The molecule has 0 aromatic heterocycles. The monoisotopic (exact) mass is 228 g/mol. The maximum Gasteiger partial charge on any atom is 0.220 e. The normalized spacial score (nSPS) is 25.4. The second-order valence-electron chi connectivity index (χ2n) is 4.60. The summed E-state index contributed by atoms with van der Waals surface area (Å²) >= 11 is 0. The minimum absolute atomic E-state index is 0.136. The van der Waals surface area contributed by atoms with Gasteiger partial charge >= 0.3 is 0 Å². The van der Waals surface area contributed by atoms with Gasteiger partial charge in [0.1, 0.15) is 0 Å². The van der Waals surface area contributed by atoms with E-state index in [4.69, 9.17) is 4.74 Å². The number of amides is 1. The quantitative estimate of drug-likeness (QED) is 0.668. The van der Waals surface area contributed by atoms with E-state index < -0.39 is 0 Å². The lowest BCUT2D eigenvalue weighted by molar-refractivity contribution is -0.121. The summed E-state index contributed by atoms with van der Waals surface area (Å²) in [5.41, 5.74) is 0. The Morgan fingerprint density at radius 2 is 2.31 bits per heavy atom. The van der Waals surface area contributed by atoms with Crippen molar-refractivity contribution in [3.8, 4) is 0 Å². The number of hydrogen-bond donors (Lipinski definition) is 2. The minimum atomic E-state index is 0.136. The van der Waals surface area contributed by atoms with Crippen molar-refractivity contribution in [3.05, 3.63) is 0 Å². The summed E-state index contributed by atoms with van der Waals surface area (Å²) in [5.74, 6) is 0.136. The highest BCUT2D eigenvalue weighted by molar-refractivity contribution is 5.75. The molecule has 1 rings (SSSR count). The lowest BCUT2D eigenvalue weighted by atomic mass is 9.99. The summed E-state index contributed by atoms with van der Waals surface area (Å²) in [4.78, 5) is 11.4. The van der Waals surface area contributed by atoms with Crippen LogP contribution in [-0.2, 0) is 9.53 Å². The molecule has 1 saturated heterocycles. The third-order valence-corrected chi connectivity index (χ3v) is 3.01. The molecule has 0 aromatic carbocycles. The molecular weight excluding hydrogens is 204 g/mol. The van der Waals surface area contributed by atoms with Gasteiger partial charge in [0, 0.05) is 38.8 Å². The van der Waals surface area contributed by atoms with E-state index in [0.29, 0.717) is 25.1 Å². The van der Waals surface area contributed by atoms with Crippen molar-refractivity contribution in [1.29, 1.82) is 0 Å². The van der Waals surface area contributed by atoms with Gasteiger partial charge in [0.15, 0.2) is 0 Å². The molecule has 1 fully saturated rings. The van der Waals surface area contributed by atoms with Crippen LogP contribution >= 0.6 is 0 Å². The van der Waals surface area contributed by atoms with Crippen LogP contribution in [-0.4, -0.2) is 38.3 Å². The summed E-state index contributed by atoms with van der Waals surface area (Å²) in [6.45, 7) is 3.62. The van der Waals surface area contributed by atoms with Crippen LogP contribution in [0.1, 0.15) is 39.0 Å². The Labute approximate surface area is 98.1 Å². The van der Waals surface area contributed by atoms with Gasteiger partial charge in [-0.3, -0.25) is 4.79 Å². The number of hydrogen-bond acceptors (Lipinski definition) is 3. The van der Waals surface area contributed by atoms with Gasteiger partial charge in [-0.1, -0.05) is 6.42 Å². The van der Waals surface area contributed by atoms with Crippen LogP contribution < -0.4 is 10.6 Å². The Balaban J connectivity index is 2.06. The van der Waals surface area contributed by atoms with Crippen molar-refractivity contribution < 1.29 is 9.53 Å². The van der Waals surface area contributed by atoms with Crippen LogP contribution in [0.15, 0.2) is 0 Å². The first kappa shape index (κ1) is 13.5. The fraction of sp³-hybridized carbons (Fsp3) is 0.917. The molecule has 1 amide bonds. The van der Waals surface area contributed by atoms with Gasteiger partial charge in [0.05, 0.1) is 0 Å². The molecule has 0 saturated carbocycles. The molecular formula is C12H24N2O2. The number of carbonyl (C=O) groups excluding carboxylic acids is 1. The molecule has 94 valence electrons. The Morgan fingerprint density at radius 1 is 1.50 bits per heavy atom. The van der Waals surface area contributed by atoms with E-state index in [1.54, 1.807) is 7.11 Å². The van der Waals surface area contributed by atoms with Crippen LogP contribution in [0.4, 0.5) is 0 Å². The van der Waals surface area contributed by atoms with Crippen molar-refractivity contribution in [3.63, 3.8) is 0 Å². The lowest BCUT2D eigenvalue weighted by Gasteiger charge is -2.28. The van der Waals surface area contributed by atoms with Gasteiger partial charge in [-0.2, -0.15) is 0 Å². The minimum Gasteiger partial charge on any atom is -0.385 e. The van der Waals surface area contributed by atoms with E-state index >= 15 is 0 Å². The number of nitrogens with one attached hydrogen (secondary N) is 2. The van der Waals surface area contributed by atoms with E-state index in [-0.39, 0.29) is 5.91 Å². The molecule has 1 heterocycles. The molecule has 0 spiro atoms. The Morgan fingerprint density at radius 3 is 3.00 bits per heavy atom. The number of rotatable bonds is 6. The van der Waals surface area contributed by atoms with E-state index in [0.717, 1.165) is 13.0 Å². The molecule has 0 aliphatic carbocycles. The molecule has 0 bridgehead atoms. The summed E-state index contributed by atoms with van der Waals surface area (Å²) < 4.78 is 4.91. The molecule has 1 aliphatic heterocycles. The second kappa shape index (κ2) is 7.63. The number of ether oxygens (including phenoxy) is 1.